The standard InChI is InChI=1S/C17H12FN3O2S2/c1-25(22,23)14-8-4-12(5-9-14)16-15(11-2-6-13(18)7-3-11)21-17(24-16)19-10-20-21/h2-10H,1H3. The van der Waals surface area contributed by atoms with Gasteiger partial charge in [0.25, 0.3) is 0 Å². The monoisotopic (exact) mass is 373 g/mol. The van der Waals surface area contributed by atoms with E-state index in [1.165, 1.54) is 36.1 Å². The van der Waals surface area contributed by atoms with Gasteiger partial charge in [0, 0.05) is 11.8 Å². The molecule has 2 aromatic heterocycles. The van der Waals surface area contributed by atoms with E-state index in [0.717, 1.165) is 21.7 Å². The van der Waals surface area contributed by atoms with Crippen LogP contribution in [0, 0.1) is 5.82 Å². The molecule has 0 amide bonds. The largest absolute Gasteiger partial charge is 0.224 e. The van der Waals surface area contributed by atoms with E-state index in [1.54, 1.807) is 40.9 Å². The highest BCUT2D eigenvalue weighted by molar-refractivity contribution is 7.90. The topological polar surface area (TPSA) is 64.3 Å². The summed E-state index contributed by atoms with van der Waals surface area (Å²) in [7, 11) is -3.25. The van der Waals surface area contributed by atoms with Crippen LogP contribution in [0.3, 0.4) is 0 Å². The summed E-state index contributed by atoms with van der Waals surface area (Å²) < 4.78 is 38.3. The van der Waals surface area contributed by atoms with E-state index in [2.05, 4.69) is 10.1 Å². The van der Waals surface area contributed by atoms with E-state index < -0.39 is 9.84 Å². The smallest absolute Gasteiger partial charge is 0.213 e. The maximum atomic E-state index is 13.3. The van der Waals surface area contributed by atoms with Crippen molar-refractivity contribution in [2.24, 2.45) is 0 Å². The molecule has 0 fully saturated rings. The summed E-state index contributed by atoms with van der Waals surface area (Å²) in [4.78, 5) is 6.09. The SMILES string of the molecule is CS(=O)(=O)c1ccc(-c2sc3ncnn3c2-c2ccc(F)cc2)cc1. The summed E-state index contributed by atoms with van der Waals surface area (Å²) >= 11 is 1.44. The fraction of sp³-hybridized carbons (Fsp3) is 0.0588. The quantitative estimate of drug-likeness (QED) is 0.550. The summed E-state index contributed by atoms with van der Waals surface area (Å²) in [6, 6.07) is 12.8. The molecule has 0 N–H and O–H groups in total. The van der Waals surface area contributed by atoms with Crippen LogP contribution < -0.4 is 0 Å². The predicted octanol–water partition coefficient (Wildman–Crippen LogP) is 3.67. The minimum atomic E-state index is -3.25. The van der Waals surface area contributed by atoms with Crippen LogP contribution in [0.5, 0.6) is 0 Å². The lowest BCUT2D eigenvalue weighted by molar-refractivity contribution is 0.602. The second kappa shape index (κ2) is 5.75. The normalized spacial score (nSPS) is 11.9. The molecule has 0 atom stereocenters. The van der Waals surface area contributed by atoms with Gasteiger partial charge in [-0.25, -0.2) is 22.3 Å². The Bertz CT molecular complexity index is 1160. The van der Waals surface area contributed by atoms with Gasteiger partial charge >= 0.3 is 0 Å². The molecule has 0 saturated carbocycles. The van der Waals surface area contributed by atoms with E-state index in [4.69, 9.17) is 0 Å². The molecule has 0 aliphatic carbocycles. The van der Waals surface area contributed by atoms with Crippen molar-refractivity contribution in [1.82, 2.24) is 14.6 Å². The third-order valence-corrected chi connectivity index (χ3v) is 6.02. The first-order valence-electron chi connectivity index (χ1n) is 7.32. The van der Waals surface area contributed by atoms with Crippen LogP contribution in [0.15, 0.2) is 59.8 Å². The van der Waals surface area contributed by atoms with Gasteiger partial charge in [-0.2, -0.15) is 5.10 Å². The van der Waals surface area contributed by atoms with Gasteiger partial charge in [-0.15, -0.1) is 0 Å². The molecule has 0 aliphatic rings. The maximum Gasteiger partial charge on any atom is 0.213 e. The second-order valence-corrected chi connectivity index (χ2v) is 8.53. The molecule has 5 nitrogen and oxygen atoms in total. The van der Waals surface area contributed by atoms with Crippen molar-refractivity contribution in [3.63, 3.8) is 0 Å². The average Bonchev–Trinajstić information content (AvgIpc) is 3.16. The van der Waals surface area contributed by atoms with Crippen LogP contribution in [-0.4, -0.2) is 29.3 Å². The number of thiazole rings is 1. The fourth-order valence-electron chi connectivity index (χ4n) is 2.60. The summed E-state index contributed by atoms with van der Waals surface area (Å²) in [5, 5.41) is 4.25. The van der Waals surface area contributed by atoms with Crippen LogP contribution in [0.4, 0.5) is 4.39 Å². The van der Waals surface area contributed by atoms with Crippen LogP contribution in [-0.2, 0) is 9.84 Å². The average molecular weight is 373 g/mol. The second-order valence-electron chi connectivity index (χ2n) is 5.54. The lowest BCUT2D eigenvalue weighted by Crippen LogP contribution is -1.96. The van der Waals surface area contributed by atoms with Crippen molar-refractivity contribution in [3.8, 4) is 21.7 Å². The van der Waals surface area contributed by atoms with Gasteiger partial charge in [-0.3, -0.25) is 0 Å². The van der Waals surface area contributed by atoms with E-state index in [0.29, 0.717) is 4.96 Å². The number of halogens is 1. The zero-order chi connectivity index (χ0) is 17.6. The molecule has 4 rings (SSSR count). The molecule has 2 heterocycles. The van der Waals surface area contributed by atoms with Gasteiger partial charge in [0.1, 0.15) is 12.1 Å². The van der Waals surface area contributed by atoms with Crippen LogP contribution in [0.2, 0.25) is 0 Å². The van der Waals surface area contributed by atoms with E-state index >= 15 is 0 Å². The first-order valence-corrected chi connectivity index (χ1v) is 10.0. The Balaban J connectivity index is 1.92. The van der Waals surface area contributed by atoms with E-state index in [-0.39, 0.29) is 10.7 Å². The van der Waals surface area contributed by atoms with Crippen molar-refractivity contribution in [3.05, 3.63) is 60.7 Å². The first-order chi connectivity index (χ1) is 11.9. The molecule has 0 unspecified atom stereocenters. The van der Waals surface area contributed by atoms with Gasteiger partial charge in [0.2, 0.25) is 4.96 Å². The van der Waals surface area contributed by atoms with Gasteiger partial charge in [-0.05, 0) is 42.0 Å². The highest BCUT2D eigenvalue weighted by Crippen LogP contribution is 2.38. The van der Waals surface area contributed by atoms with E-state index in [9.17, 15) is 12.8 Å². The Labute approximate surface area is 147 Å². The van der Waals surface area contributed by atoms with Crippen molar-refractivity contribution < 1.29 is 12.8 Å². The fourth-order valence-corrected chi connectivity index (χ4v) is 4.29. The number of hydrogen-bond acceptors (Lipinski definition) is 5. The Kier molecular flexibility index (Phi) is 3.66. The number of rotatable bonds is 3. The van der Waals surface area contributed by atoms with Crippen molar-refractivity contribution in [2.45, 2.75) is 4.90 Å². The molecule has 0 spiro atoms. The molecule has 2 aromatic carbocycles. The molecule has 8 heteroatoms. The highest BCUT2D eigenvalue weighted by Gasteiger charge is 2.18. The predicted molar refractivity (Wildman–Crippen MR) is 94.8 cm³/mol. The highest BCUT2D eigenvalue weighted by atomic mass is 32.2. The van der Waals surface area contributed by atoms with Crippen LogP contribution in [0.25, 0.3) is 26.7 Å². The zero-order valence-electron chi connectivity index (χ0n) is 13.0. The van der Waals surface area contributed by atoms with Gasteiger partial charge < -0.3 is 0 Å². The number of benzene rings is 2. The molecule has 0 radical (unpaired) electrons. The lowest BCUT2D eigenvalue weighted by Gasteiger charge is -2.06. The summed E-state index contributed by atoms with van der Waals surface area (Å²) in [6.45, 7) is 0. The molecule has 0 saturated heterocycles. The summed E-state index contributed by atoms with van der Waals surface area (Å²) in [5.41, 5.74) is 2.45. The number of aromatic nitrogens is 3. The minimum Gasteiger partial charge on any atom is -0.224 e. The minimum absolute atomic E-state index is 0.263. The Morgan fingerprint density at radius 1 is 1.00 bits per heavy atom. The molecule has 126 valence electrons. The Morgan fingerprint density at radius 2 is 1.64 bits per heavy atom. The molecule has 0 aliphatic heterocycles. The number of sulfone groups is 1. The molecule has 0 bridgehead atoms. The Hall–Kier alpha value is -2.58. The number of fused-ring (bicyclic) bond motifs is 1. The van der Waals surface area contributed by atoms with Crippen molar-refractivity contribution >= 4 is 26.1 Å². The third-order valence-electron chi connectivity index (χ3n) is 3.80. The lowest BCUT2D eigenvalue weighted by atomic mass is 10.1. The molecule has 4 aromatic rings. The molecule has 25 heavy (non-hydrogen) atoms. The molecular formula is C17H12FN3O2S2. The number of hydrogen-bond donors (Lipinski definition) is 0. The summed E-state index contributed by atoms with van der Waals surface area (Å²) in [6.07, 6.45) is 2.64. The molecular weight excluding hydrogens is 361 g/mol. The Morgan fingerprint density at radius 3 is 2.28 bits per heavy atom. The zero-order valence-corrected chi connectivity index (χ0v) is 14.7. The maximum absolute atomic E-state index is 13.3. The first kappa shape index (κ1) is 15.9. The van der Waals surface area contributed by atoms with E-state index in [1.807, 2.05) is 0 Å². The van der Waals surface area contributed by atoms with Crippen LogP contribution >= 0.6 is 11.3 Å². The van der Waals surface area contributed by atoms with Crippen LogP contribution in [0.1, 0.15) is 0 Å². The van der Waals surface area contributed by atoms with Gasteiger partial charge in [-0.1, -0.05) is 23.5 Å². The third kappa shape index (κ3) is 2.83. The summed E-state index contributed by atoms with van der Waals surface area (Å²) in [5.74, 6) is -0.312. The van der Waals surface area contributed by atoms with Gasteiger partial charge in [0.05, 0.1) is 15.5 Å². The van der Waals surface area contributed by atoms with Crippen molar-refractivity contribution in [2.75, 3.05) is 6.26 Å². The van der Waals surface area contributed by atoms with Gasteiger partial charge in [0.15, 0.2) is 9.84 Å². The van der Waals surface area contributed by atoms with Crippen molar-refractivity contribution in [1.29, 1.82) is 0 Å². The number of nitrogens with zero attached hydrogens (tertiary/aromatic N) is 3.